The average molecular weight is 703 g/mol. The standard InChI is InChI=1S/C31H25BN6O.Pt/c1-4-32-37(31-18-22(2)14-16-33-31)30-20-25(12-13-26(30)27-15-17-34-38(27)32)39-24-9-7-8-23(19-24)36-21-35(3)28-10-5-6-11-29(28)36;/h5-18H,4H2,1-3H3;/q-2;. The van der Waals surface area contributed by atoms with Crippen molar-refractivity contribution in [3.8, 4) is 28.4 Å². The zero-order valence-electron chi connectivity index (χ0n) is 22.3. The number of aryl methyl sites for hydroxylation is 2. The molecule has 0 saturated carbocycles. The first kappa shape index (κ1) is 24.9. The van der Waals surface area contributed by atoms with Crippen molar-refractivity contribution in [1.82, 2.24) is 23.8 Å². The van der Waals surface area contributed by atoms with E-state index >= 15 is 0 Å². The van der Waals surface area contributed by atoms with E-state index in [0.29, 0.717) is 11.5 Å². The minimum Gasteiger partial charge on any atom is -0.193 e. The van der Waals surface area contributed by atoms with Crippen LogP contribution in [-0.2, 0) is 26.4 Å². The van der Waals surface area contributed by atoms with E-state index < -0.39 is 0 Å². The fourth-order valence-corrected chi connectivity index (χ4v) is 6.28. The smallest absolute Gasteiger partial charge is 0.193 e. The van der Waals surface area contributed by atoms with Crippen molar-refractivity contribution in [3.05, 3.63) is 107 Å². The predicted octanol–water partition coefficient (Wildman–Crippen LogP) is 6.52. The van der Waals surface area contributed by atoms with Crippen LogP contribution in [0, 0.1) is 22.9 Å². The summed E-state index contributed by atoms with van der Waals surface area (Å²) in [5, 5.41) is 4.66. The molecule has 6 aromatic rings. The van der Waals surface area contributed by atoms with Gasteiger partial charge in [-0.3, -0.25) is 0 Å². The van der Waals surface area contributed by atoms with Gasteiger partial charge >= 0.3 is 202 Å². The van der Waals surface area contributed by atoms with Crippen LogP contribution in [-0.4, -0.2) is 30.8 Å². The van der Waals surface area contributed by atoms with Crippen molar-refractivity contribution in [2.45, 2.75) is 20.2 Å². The van der Waals surface area contributed by atoms with Gasteiger partial charge in [0.25, 0.3) is 0 Å². The van der Waals surface area contributed by atoms with Crippen LogP contribution >= 0.6 is 0 Å². The molecule has 0 fully saturated rings. The van der Waals surface area contributed by atoms with Crippen LogP contribution in [0.2, 0.25) is 6.32 Å². The molecule has 0 spiro atoms. The maximum absolute atomic E-state index is 6.41. The topological polar surface area (TPSA) is 53.0 Å². The quantitative estimate of drug-likeness (QED) is 0.152. The molecule has 1 aliphatic heterocycles. The van der Waals surface area contributed by atoms with Gasteiger partial charge in [-0.1, -0.05) is 6.92 Å². The number of rotatable bonds is 5. The van der Waals surface area contributed by atoms with Crippen molar-refractivity contribution in [1.29, 1.82) is 0 Å². The number of fused-ring (bicyclic) bond motifs is 4. The van der Waals surface area contributed by atoms with E-state index in [-0.39, 0.29) is 6.98 Å². The first-order chi connectivity index (χ1) is 19.5. The number of anilines is 2. The van der Waals surface area contributed by atoms with E-state index in [2.05, 4.69) is 125 Å². The Labute approximate surface area is 243 Å². The Kier molecular flexibility index (Phi) is 6.08. The number of hydrogen-bond donors (Lipinski definition) is 0. The van der Waals surface area contributed by atoms with Crippen LogP contribution in [0.15, 0.2) is 85.2 Å². The zero-order valence-corrected chi connectivity index (χ0v) is 24.5. The van der Waals surface area contributed by atoms with Crippen molar-refractivity contribution >= 4 is 29.5 Å². The number of imidazole rings is 1. The van der Waals surface area contributed by atoms with Crippen LogP contribution in [0.1, 0.15) is 12.5 Å². The molecule has 4 heterocycles. The van der Waals surface area contributed by atoms with Gasteiger partial charge in [-0.2, -0.15) is 5.10 Å². The Morgan fingerprint density at radius 2 is 1.75 bits per heavy atom. The van der Waals surface area contributed by atoms with Crippen molar-refractivity contribution in [2.24, 2.45) is 7.05 Å². The van der Waals surface area contributed by atoms with E-state index in [9.17, 15) is 0 Å². The summed E-state index contributed by atoms with van der Waals surface area (Å²) in [7, 11) is 2.08. The number of para-hydroxylation sites is 2. The normalized spacial score (nSPS) is 12.5. The summed E-state index contributed by atoms with van der Waals surface area (Å²) in [6.45, 7) is 4.22. The summed E-state index contributed by atoms with van der Waals surface area (Å²) < 4.78 is 13.9. The monoisotopic (exact) mass is 703 g/mol. The SMILES string of the molecule is CCB1N(c2cc(C)ccn2)c2[c-]c(Oc3[c-]c(-n4[c](=[Pt])n(C)c5ccccc54)ccc3)ccc2-c2ccnn21. The van der Waals surface area contributed by atoms with Gasteiger partial charge in [-0.25, -0.2) is 0 Å². The van der Waals surface area contributed by atoms with Gasteiger partial charge in [0.15, 0.2) is 0 Å². The maximum atomic E-state index is 6.41. The second-order valence-electron chi connectivity index (χ2n) is 9.82. The second-order valence-corrected chi connectivity index (χ2v) is 10.8. The number of nitrogens with zero attached hydrogens (tertiary/aromatic N) is 6. The number of pyridine rings is 1. The summed E-state index contributed by atoms with van der Waals surface area (Å²) >= 11 is 2.36. The van der Waals surface area contributed by atoms with Gasteiger partial charge in [0, 0.05) is 12.4 Å². The summed E-state index contributed by atoms with van der Waals surface area (Å²) in [5.41, 5.74) is 7.35. The van der Waals surface area contributed by atoms with Gasteiger partial charge in [-0.05, 0) is 18.6 Å². The molecule has 200 valence electrons. The molecular weight excluding hydrogens is 678 g/mol. The average Bonchev–Trinajstić information content (AvgIpc) is 3.55. The van der Waals surface area contributed by atoms with Gasteiger partial charge < -0.3 is 0 Å². The third kappa shape index (κ3) is 3.97. The Morgan fingerprint density at radius 3 is 2.58 bits per heavy atom. The molecular formula is C31H25BN6OPt-2. The third-order valence-electron chi connectivity index (χ3n) is 7.30. The first-order valence-electron chi connectivity index (χ1n) is 13.2. The Bertz CT molecular complexity index is 1960. The van der Waals surface area contributed by atoms with E-state index in [1.54, 1.807) is 0 Å². The van der Waals surface area contributed by atoms with E-state index in [1.165, 1.54) is 0 Å². The fraction of sp³-hybridized carbons (Fsp3) is 0.129. The summed E-state index contributed by atoms with van der Waals surface area (Å²) in [5.74, 6) is 2.10. The molecule has 0 aliphatic carbocycles. The molecule has 3 aromatic carbocycles. The summed E-state index contributed by atoms with van der Waals surface area (Å²) in [4.78, 5) is 6.94. The molecule has 0 N–H and O–H groups in total. The van der Waals surface area contributed by atoms with Crippen LogP contribution in [0.5, 0.6) is 11.5 Å². The van der Waals surface area contributed by atoms with Crippen LogP contribution in [0.25, 0.3) is 28.0 Å². The van der Waals surface area contributed by atoms with Crippen molar-refractivity contribution in [3.63, 3.8) is 0 Å². The Balaban J connectivity index is 1.31. The molecule has 0 radical (unpaired) electrons. The zero-order chi connectivity index (χ0) is 27.4. The van der Waals surface area contributed by atoms with Gasteiger partial charge in [0.2, 0.25) is 0 Å². The van der Waals surface area contributed by atoms with Gasteiger partial charge in [0.1, 0.15) is 0 Å². The van der Waals surface area contributed by atoms with Gasteiger partial charge in [-0.15, -0.1) is 0 Å². The minimum absolute atomic E-state index is 0.0295. The molecule has 0 saturated heterocycles. The molecule has 40 heavy (non-hydrogen) atoms. The minimum atomic E-state index is -0.0295. The number of ether oxygens (including phenoxy) is 1. The second kappa shape index (κ2) is 9.79. The Hall–Kier alpha value is -4.16. The molecule has 0 atom stereocenters. The molecule has 0 bridgehead atoms. The van der Waals surface area contributed by atoms with E-state index in [1.807, 2.05) is 36.7 Å². The third-order valence-corrected chi connectivity index (χ3v) is 8.57. The predicted molar refractivity (Wildman–Crippen MR) is 154 cm³/mol. The fourth-order valence-electron chi connectivity index (χ4n) is 5.46. The van der Waals surface area contributed by atoms with Crippen LogP contribution in [0.4, 0.5) is 11.5 Å². The van der Waals surface area contributed by atoms with Crippen LogP contribution in [0.3, 0.4) is 0 Å². The molecule has 9 heteroatoms. The molecule has 1 aliphatic rings. The van der Waals surface area contributed by atoms with E-state index in [4.69, 9.17) is 9.72 Å². The van der Waals surface area contributed by atoms with Crippen molar-refractivity contribution in [2.75, 3.05) is 4.81 Å². The molecule has 3 aromatic heterocycles. The van der Waals surface area contributed by atoms with Crippen LogP contribution < -0.4 is 9.55 Å². The molecule has 0 amide bonds. The first-order valence-corrected chi connectivity index (χ1v) is 14.3. The number of aromatic nitrogens is 5. The number of hydrogen-bond acceptors (Lipinski definition) is 4. The summed E-state index contributed by atoms with van der Waals surface area (Å²) in [6.07, 6.45) is 4.55. The molecule has 7 rings (SSSR count). The van der Waals surface area contributed by atoms with Gasteiger partial charge in [0.05, 0.1) is 0 Å². The molecule has 7 nitrogen and oxygen atoms in total. The summed E-state index contributed by atoms with van der Waals surface area (Å²) in [6, 6.07) is 31.6. The van der Waals surface area contributed by atoms with Crippen molar-refractivity contribution < 1.29 is 24.1 Å². The Morgan fingerprint density at radius 1 is 0.925 bits per heavy atom. The number of benzene rings is 3. The molecule has 0 unspecified atom stereocenters. The van der Waals surface area contributed by atoms with E-state index in [0.717, 1.165) is 55.2 Å².